The summed E-state index contributed by atoms with van der Waals surface area (Å²) in [6, 6.07) is 14.7. The zero-order valence-electron chi connectivity index (χ0n) is 14.4. The monoisotopic (exact) mass is 402 g/mol. The Balaban J connectivity index is 1.95. The fourth-order valence-corrected chi connectivity index (χ4v) is 2.66. The molecule has 0 heterocycles. The molecule has 2 aromatic carbocycles. The highest BCUT2D eigenvalue weighted by molar-refractivity contribution is 9.10. The minimum atomic E-state index is -0.242. The Morgan fingerprint density at radius 1 is 1.16 bits per heavy atom. The fraction of sp³-hybridized carbons (Fsp3) is 0.300. The number of rotatable bonds is 9. The standard InChI is InChI=1S/C20H23BrN2O2/c1-2-3-4-8-13-25-19-12-11-18(21)14-17(19)15-22-23-20(24)16-9-6-5-7-10-16/h5-7,9-12,14-15H,2-4,8,13H2,1H3,(H,23,24)/b22-15+. The summed E-state index contributed by atoms with van der Waals surface area (Å²) in [5, 5.41) is 4.05. The molecule has 5 heteroatoms. The van der Waals surface area contributed by atoms with Crippen molar-refractivity contribution in [3.05, 3.63) is 64.1 Å². The summed E-state index contributed by atoms with van der Waals surface area (Å²) < 4.78 is 6.79. The largest absolute Gasteiger partial charge is 0.493 e. The van der Waals surface area contributed by atoms with E-state index in [0.29, 0.717) is 12.2 Å². The Labute approximate surface area is 157 Å². The zero-order valence-corrected chi connectivity index (χ0v) is 16.0. The molecule has 0 bridgehead atoms. The van der Waals surface area contributed by atoms with Crippen LogP contribution in [0, 0.1) is 0 Å². The second-order valence-electron chi connectivity index (χ2n) is 5.66. The number of benzene rings is 2. The normalized spacial score (nSPS) is 10.8. The van der Waals surface area contributed by atoms with E-state index < -0.39 is 0 Å². The molecule has 25 heavy (non-hydrogen) atoms. The van der Waals surface area contributed by atoms with Crippen LogP contribution in [0.25, 0.3) is 0 Å². The van der Waals surface area contributed by atoms with E-state index in [4.69, 9.17) is 4.74 Å². The minimum Gasteiger partial charge on any atom is -0.493 e. The van der Waals surface area contributed by atoms with Crippen LogP contribution in [0.2, 0.25) is 0 Å². The van der Waals surface area contributed by atoms with E-state index in [1.54, 1.807) is 18.3 Å². The van der Waals surface area contributed by atoms with Crippen molar-refractivity contribution in [3.63, 3.8) is 0 Å². The van der Waals surface area contributed by atoms with Crippen molar-refractivity contribution >= 4 is 28.1 Å². The molecule has 0 aliphatic heterocycles. The number of nitrogens with zero attached hydrogens (tertiary/aromatic N) is 1. The second kappa shape index (κ2) is 10.7. The van der Waals surface area contributed by atoms with Crippen molar-refractivity contribution in [2.24, 2.45) is 5.10 Å². The lowest BCUT2D eigenvalue weighted by Gasteiger charge is -2.09. The second-order valence-corrected chi connectivity index (χ2v) is 6.57. The summed E-state index contributed by atoms with van der Waals surface area (Å²) in [4.78, 5) is 12.0. The molecule has 0 aromatic heterocycles. The number of ether oxygens (including phenoxy) is 1. The molecule has 0 aliphatic rings. The van der Waals surface area contributed by atoms with E-state index in [1.807, 2.05) is 36.4 Å². The van der Waals surface area contributed by atoms with E-state index >= 15 is 0 Å². The summed E-state index contributed by atoms with van der Waals surface area (Å²) in [6.07, 6.45) is 6.24. The van der Waals surface area contributed by atoms with Crippen LogP contribution in [-0.2, 0) is 0 Å². The molecular weight excluding hydrogens is 380 g/mol. The van der Waals surface area contributed by atoms with Gasteiger partial charge in [0.1, 0.15) is 5.75 Å². The van der Waals surface area contributed by atoms with Crippen molar-refractivity contribution in [1.29, 1.82) is 0 Å². The van der Waals surface area contributed by atoms with E-state index in [0.717, 1.165) is 22.2 Å². The number of unbranched alkanes of at least 4 members (excludes halogenated alkanes) is 3. The third kappa shape index (κ3) is 6.70. The Kier molecular flexibility index (Phi) is 8.19. The first kappa shape index (κ1) is 19.2. The highest BCUT2D eigenvalue weighted by Crippen LogP contribution is 2.22. The maximum atomic E-state index is 12.0. The van der Waals surface area contributed by atoms with Gasteiger partial charge in [0, 0.05) is 15.6 Å². The lowest BCUT2D eigenvalue weighted by atomic mass is 10.2. The van der Waals surface area contributed by atoms with Gasteiger partial charge in [-0.2, -0.15) is 5.10 Å². The first-order chi connectivity index (χ1) is 12.2. The molecule has 2 rings (SSSR count). The van der Waals surface area contributed by atoms with Gasteiger partial charge in [-0.25, -0.2) is 5.43 Å². The van der Waals surface area contributed by atoms with Crippen molar-refractivity contribution in [1.82, 2.24) is 5.43 Å². The molecule has 2 aromatic rings. The first-order valence-electron chi connectivity index (χ1n) is 8.51. The number of carbonyl (C=O) groups excluding carboxylic acids is 1. The van der Waals surface area contributed by atoms with Crippen molar-refractivity contribution in [2.75, 3.05) is 6.61 Å². The smallest absolute Gasteiger partial charge is 0.271 e. The van der Waals surface area contributed by atoms with Gasteiger partial charge in [0.2, 0.25) is 0 Å². The molecule has 132 valence electrons. The van der Waals surface area contributed by atoms with Crippen LogP contribution < -0.4 is 10.2 Å². The first-order valence-corrected chi connectivity index (χ1v) is 9.31. The van der Waals surface area contributed by atoms with Crippen molar-refractivity contribution in [2.45, 2.75) is 32.6 Å². The SMILES string of the molecule is CCCCCCOc1ccc(Br)cc1/C=N/NC(=O)c1ccccc1. The predicted octanol–water partition coefficient (Wildman–Crippen LogP) is 5.17. The summed E-state index contributed by atoms with van der Waals surface area (Å²) in [5.41, 5.74) is 3.93. The van der Waals surface area contributed by atoms with Crippen LogP contribution in [0.4, 0.5) is 0 Å². The van der Waals surface area contributed by atoms with Gasteiger partial charge in [-0.15, -0.1) is 0 Å². The third-order valence-electron chi connectivity index (χ3n) is 3.63. The molecule has 0 unspecified atom stereocenters. The Hall–Kier alpha value is -2.14. The maximum Gasteiger partial charge on any atom is 0.271 e. The van der Waals surface area contributed by atoms with Gasteiger partial charge in [-0.1, -0.05) is 60.3 Å². The summed E-state index contributed by atoms with van der Waals surface area (Å²) in [7, 11) is 0. The molecule has 0 spiro atoms. The number of hydrogen-bond acceptors (Lipinski definition) is 3. The Morgan fingerprint density at radius 2 is 1.96 bits per heavy atom. The molecule has 1 N–H and O–H groups in total. The Morgan fingerprint density at radius 3 is 2.72 bits per heavy atom. The highest BCUT2D eigenvalue weighted by Gasteiger charge is 2.05. The zero-order chi connectivity index (χ0) is 17.9. The number of carbonyl (C=O) groups is 1. The van der Waals surface area contributed by atoms with E-state index in [9.17, 15) is 4.79 Å². The Bertz CT molecular complexity index is 702. The van der Waals surface area contributed by atoms with Crippen molar-refractivity contribution in [3.8, 4) is 5.75 Å². The van der Waals surface area contributed by atoms with E-state index in [2.05, 4.69) is 33.4 Å². The maximum absolute atomic E-state index is 12.0. The summed E-state index contributed by atoms with van der Waals surface area (Å²) in [6.45, 7) is 2.87. The molecule has 0 atom stereocenters. The number of halogens is 1. The van der Waals surface area contributed by atoms with Gasteiger partial charge in [0.25, 0.3) is 5.91 Å². The lowest BCUT2D eigenvalue weighted by molar-refractivity contribution is 0.0955. The predicted molar refractivity (Wildman–Crippen MR) is 105 cm³/mol. The minimum absolute atomic E-state index is 0.242. The number of nitrogens with one attached hydrogen (secondary N) is 1. The van der Waals surface area contributed by atoms with Gasteiger partial charge in [-0.05, 0) is 36.8 Å². The molecule has 1 amide bonds. The molecule has 0 aliphatic carbocycles. The molecule has 4 nitrogen and oxygen atoms in total. The van der Waals surface area contributed by atoms with Gasteiger partial charge in [-0.3, -0.25) is 4.79 Å². The van der Waals surface area contributed by atoms with Gasteiger partial charge < -0.3 is 4.74 Å². The third-order valence-corrected chi connectivity index (χ3v) is 4.13. The fourth-order valence-electron chi connectivity index (χ4n) is 2.28. The van der Waals surface area contributed by atoms with Crippen LogP contribution in [-0.4, -0.2) is 18.7 Å². The molecule has 0 radical (unpaired) electrons. The van der Waals surface area contributed by atoms with Crippen LogP contribution in [0.15, 0.2) is 58.1 Å². The highest BCUT2D eigenvalue weighted by atomic mass is 79.9. The van der Waals surface area contributed by atoms with Gasteiger partial charge in [0.15, 0.2) is 0 Å². The molecule has 0 saturated carbocycles. The van der Waals surface area contributed by atoms with E-state index in [1.165, 1.54) is 19.3 Å². The molecule has 0 saturated heterocycles. The van der Waals surface area contributed by atoms with Crippen LogP contribution in [0.5, 0.6) is 5.75 Å². The molecule has 0 fully saturated rings. The van der Waals surface area contributed by atoms with Crippen molar-refractivity contribution < 1.29 is 9.53 Å². The van der Waals surface area contributed by atoms with Crippen LogP contribution in [0.3, 0.4) is 0 Å². The number of hydrazone groups is 1. The molecular formula is C20H23BrN2O2. The average Bonchev–Trinajstić information content (AvgIpc) is 2.63. The summed E-state index contributed by atoms with van der Waals surface area (Å²) >= 11 is 3.45. The van der Waals surface area contributed by atoms with Gasteiger partial charge >= 0.3 is 0 Å². The van der Waals surface area contributed by atoms with Gasteiger partial charge in [0.05, 0.1) is 12.8 Å². The lowest BCUT2D eigenvalue weighted by Crippen LogP contribution is -2.17. The average molecular weight is 403 g/mol. The number of amides is 1. The summed E-state index contributed by atoms with van der Waals surface area (Å²) in [5.74, 6) is 0.520. The van der Waals surface area contributed by atoms with Crippen LogP contribution in [0.1, 0.15) is 48.5 Å². The topological polar surface area (TPSA) is 50.7 Å². The van der Waals surface area contributed by atoms with E-state index in [-0.39, 0.29) is 5.91 Å². The number of hydrogen-bond donors (Lipinski definition) is 1. The van der Waals surface area contributed by atoms with Crippen LogP contribution >= 0.6 is 15.9 Å². The quantitative estimate of drug-likeness (QED) is 0.357.